The molecule has 0 N–H and O–H groups in total. The molecule has 5 aromatic rings. The Morgan fingerprint density at radius 1 is 0.946 bits per heavy atom. The first-order valence-electron chi connectivity index (χ1n) is 11.7. The quantitative estimate of drug-likeness (QED) is 0.253. The van der Waals surface area contributed by atoms with Gasteiger partial charge in [-0.25, -0.2) is 9.78 Å². The highest BCUT2D eigenvalue weighted by Crippen LogP contribution is 2.21. The summed E-state index contributed by atoms with van der Waals surface area (Å²) in [4.78, 5) is 43.0. The monoisotopic (exact) mass is 496 g/mol. The Hall–Kier alpha value is -4.79. The van der Waals surface area contributed by atoms with Crippen LogP contribution < -0.4 is 5.56 Å². The highest BCUT2D eigenvalue weighted by Gasteiger charge is 2.20. The van der Waals surface area contributed by atoms with Crippen molar-refractivity contribution in [3.8, 4) is 11.5 Å². The minimum atomic E-state index is -0.637. The number of carbonyl (C=O) groups excluding carboxylic acids is 2. The maximum Gasteiger partial charge on any atom is 0.338 e. The Morgan fingerprint density at radius 2 is 1.68 bits per heavy atom. The molecule has 186 valence electrons. The Bertz CT molecular complexity index is 1720. The molecule has 9 heteroatoms. The molecule has 2 aromatic carbocycles. The summed E-state index contributed by atoms with van der Waals surface area (Å²) in [6.45, 7) is 6.80. The lowest BCUT2D eigenvalue weighted by molar-refractivity contribution is 0.0474. The number of aromatic nitrogens is 4. The van der Waals surface area contributed by atoms with Crippen molar-refractivity contribution in [2.45, 2.75) is 27.7 Å². The van der Waals surface area contributed by atoms with E-state index in [2.05, 4.69) is 10.1 Å². The van der Waals surface area contributed by atoms with Gasteiger partial charge in [0.2, 0.25) is 5.78 Å². The van der Waals surface area contributed by atoms with Crippen LogP contribution in [0.1, 0.15) is 43.7 Å². The van der Waals surface area contributed by atoms with E-state index in [9.17, 15) is 14.4 Å². The SMILES string of the molecule is Cc1cc(-n2c(C)cc(C(=O)COC(=O)c3ccc(-n4c(C)nc5ccccc5c4=O)cc3)c2C)no1. The Morgan fingerprint density at radius 3 is 2.38 bits per heavy atom. The van der Waals surface area contributed by atoms with Gasteiger partial charge in [-0.1, -0.05) is 17.3 Å². The third kappa shape index (κ3) is 4.35. The molecule has 9 nitrogen and oxygen atoms in total. The van der Waals surface area contributed by atoms with Crippen LogP contribution in [0.25, 0.3) is 22.4 Å². The molecule has 0 aliphatic rings. The van der Waals surface area contributed by atoms with Crippen molar-refractivity contribution in [3.05, 3.63) is 105 Å². The fourth-order valence-corrected chi connectivity index (χ4v) is 4.44. The van der Waals surface area contributed by atoms with Crippen LogP contribution in [-0.4, -0.2) is 37.6 Å². The molecule has 0 aliphatic heterocycles. The molecule has 0 saturated carbocycles. The fourth-order valence-electron chi connectivity index (χ4n) is 4.44. The summed E-state index contributed by atoms with van der Waals surface area (Å²) in [7, 11) is 0. The summed E-state index contributed by atoms with van der Waals surface area (Å²) in [6.07, 6.45) is 0. The first-order valence-corrected chi connectivity index (χ1v) is 11.7. The summed E-state index contributed by atoms with van der Waals surface area (Å²) < 4.78 is 13.8. The number of para-hydroxylation sites is 1. The highest BCUT2D eigenvalue weighted by atomic mass is 16.5. The summed E-state index contributed by atoms with van der Waals surface area (Å²) in [5.74, 6) is 0.810. The van der Waals surface area contributed by atoms with Crippen molar-refractivity contribution in [2.24, 2.45) is 0 Å². The molecule has 5 rings (SSSR count). The van der Waals surface area contributed by atoms with Gasteiger partial charge in [0.1, 0.15) is 11.6 Å². The average molecular weight is 497 g/mol. The summed E-state index contributed by atoms with van der Waals surface area (Å²) in [5.41, 5.74) is 3.21. The van der Waals surface area contributed by atoms with Crippen LogP contribution >= 0.6 is 0 Å². The number of Topliss-reactive ketones (excluding diaryl/α,β-unsaturated/α-hetero) is 1. The van der Waals surface area contributed by atoms with E-state index in [-0.39, 0.29) is 16.9 Å². The zero-order valence-electron chi connectivity index (χ0n) is 20.8. The number of carbonyl (C=O) groups is 2. The molecule has 3 aromatic heterocycles. The predicted octanol–water partition coefficient (Wildman–Crippen LogP) is 4.44. The summed E-state index contributed by atoms with van der Waals surface area (Å²) >= 11 is 0. The Kier molecular flexibility index (Phi) is 6.04. The maximum absolute atomic E-state index is 13.0. The van der Waals surface area contributed by atoms with Crippen LogP contribution in [0.3, 0.4) is 0 Å². The number of rotatable bonds is 6. The molecule has 0 atom stereocenters. The second-order valence-corrected chi connectivity index (χ2v) is 8.78. The Labute approximate surface area is 211 Å². The highest BCUT2D eigenvalue weighted by molar-refractivity contribution is 6.00. The lowest BCUT2D eigenvalue weighted by Crippen LogP contribution is -2.22. The molecule has 0 spiro atoms. The maximum atomic E-state index is 13.0. The minimum absolute atomic E-state index is 0.192. The van der Waals surface area contributed by atoms with E-state index < -0.39 is 12.6 Å². The lowest BCUT2D eigenvalue weighted by Gasteiger charge is -2.11. The number of esters is 1. The van der Waals surface area contributed by atoms with E-state index in [0.717, 1.165) is 5.69 Å². The number of nitrogens with zero attached hydrogens (tertiary/aromatic N) is 4. The smallest absolute Gasteiger partial charge is 0.338 e. The van der Waals surface area contributed by atoms with Crippen molar-refractivity contribution in [3.63, 3.8) is 0 Å². The van der Waals surface area contributed by atoms with Gasteiger partial charge in [-0.2, -0.15) is 0 Å². The molecule has 0 aliphatic carbocycles. The first-order chi connectivity index (χ1) is 17.7. The van der Waals surface area contributed by atoms with Gasteiger partial charge in [0.05, 0.1) is 22.2 Å². The molecule has 0 saturated heterocycles. The van der Waals surface area contributed by atoms with Crippen LogP contribution in [0, 0.1) is 27.7 Å². The second-order valence-electron chi connectivity index (χ2n) is 8.78. The average Bonchev–Trinajstić information content (AvgIpc) is 3.44. The van der Waals surface area contributed by atoms with Gasteiger partial charge in [0.25, 0.3) is 5.56 Å². The lowest BCUT2D eigenvalue weighted by atomic mass is 10.1. The third-order valence-corrected chi connectivity index (χ3v) is 6.22. The van der Waals surface area contributed by atoms with E-state index in [1.807, 2.05) is 17.6 Å². The van der Waals surface area contributed by atoms with Gasteiger partial charge in [-0.3, -0.25) is 18.7 Å². The molecule has 0 amide bonds. The summed E-state index contributed by atoms with van der Waals surface area (Å²) in [5, 5.41) is 4.52. The number of ether oxygens (including phenoxy) is 1. The van der Waals surface area contributed by atoms with Crippen molar-refractivity contribution >= 4 is 22.7 Å². The normalized spacial score (nSPS) is 11.1. The van der Waals surface area contributed by atoms with E-state index >= 15 is 0 Å². The summed E-state index contributed by atoms with van der Waals surface area (Å²) in [6, 6.07) is 17.1. The van der Waals surface area contributed by atoms with E-state index in [1.165, 1.54) is 4.57 Å². The fraction of sp³-hybridized carbons (Fsp3) is 0.179. The second kappa shape index (κ2) is 9.34. The molecule has 37 heavy (non-hydrogen) atoms. The number of hydrogen-bond donors (Lipinski definition) is 0. The molecule has 0 radical (unpaired) electrons. The largest absolute Gasteiger partial charge is 0.454 e. The molecular weight excluding hydrogens is 472 g/mol. The topological polar surface area (TPSA) is 109 Å². The first kappa shape index (κ1) is 23.9. The van der Waals surface area contributed by atoms with Crippen molar-refractivity contribution in [1.82, 2.24) is 19.3 Å². The number of aryl methyl sites for hydroxylation is 3. The van der Waals surface area contributed by atoms with Crippen molar-refractivity contribution < 1.29 is 18.8 Å². The van der Waals surface area contributed by atoms with E-state index in [4.69, 9.17) is 9.26 Å². The van der Waals surface area contributed by atoms with Gasteiger partial charge in [0.15, 0.2) is 12.4 Å². The molecule has 0 bridgehead atoms. The zero-order chi connectivity index (χ0) is 26.3. The Balaban J connectivity index is 1.31. The van der Waals surface area contributed by atoms with Gasteiger partial charge in [-0.15, -0.1) is 0 Å². The van der Waals surface area contributed by atoms with E-state index in [0.29, 0.717) is 45.3 Å². The number of fused-ring (bicyclic) bond motifs is 1. The molecule has 0 fully saturated rings. The standard InChI is InChI=1S/C28H24N4O5/c1-16-13-23(18(3)31(16)26-14-17(2)37-30-26)25(33)15-36-28(35)20-9-11-21(12-10-20)32-19(4)29-24-8-6-5-7-22(24)27(32)34/h5-14H,15H2,1-4H3. The minimum Gasteiger partial charge on any atom is -0.454 e. The zero-order valence-corrected chi connectivity index (χ0v) is 20.8. The van der Waals surface area contributed by atoms with Crippen LogP contribution in [0.15, 0.2) is 70.0 Å². The molecular formula is C28H24N4O5. The van der Waals surface area contributed by atoms with Crippen LogP contribution in [0.4, 0.5) is 0 Å². The van der Waals surface area contributed by atoms with Crippen LogP contribution in [-0.2, 0) is 4.74 Å². The van der Waals surface area contributed by atoms with Gasteiger partial charge < -0.3 is 9.26 Å². The van der Waals surface area contributed by atoms with Crippen molar-refractivity contribution in [1.29, 1.82) is 0 Å². The van der Waals surface area contributed by atoms with Gasteiger partial charge in [-0.05, 0) is 70.2 Å². The van der Waals surface area contributed by atoms with E-state index in [1.54, 1.807) is 75.4 Å². The molecule has 3 heterocycles. The third-order valence-electron chi connectivity index (χ3n) is 6.22. The number of hydrogen-bond acceptors (Lipinski definition) is 7. The number of benzene rings is 2. The van der Waals surface area contributed by atoms with Crippen LogP contribution in [0.5, 0.6) is 0 Å². The molecule has 0 unspecified atom stereocenters. The number of ketones is 1. The van der Waals surface area contributed by atoms with Gasteiger partial charge >= 0.3 is 5.97 Å². The van der Waals surface area contributed by atoms with Crippen molar-refractivity contribution in [2.75, 3.05) is 6.61 Å². The van der Waals surface area contributed by atoms with Gasteiger partial charge in [0, 0.05) is 23.0 Å². The van der Waals surface area contributed by atoms with Crippen LogP contribution in [0.2, 0.25) is 0 Å². The predicted molar refractivity (Wildman–Crippen MR) is 137 cm³/mol.